The van der Waals surface area contributed by atoms with Crippen LogP contribution in [0.1, 0.15) is 11.1 Å². The summed E-state index contributed by atoms with van der Waals surface area (Å²) in [5.74, 6) is -0.318. The molecule has 6 nitrogen and oxygen atoms in total. The summed E-state index contributed by atoms with van der Waals surface area (Å²) in [6.07, 6.45) is 1.52. The Hall–Kier alpha value is -2.80. The first kappa shape index (κ1) is 15.1. The summed E-state index contributed by atoms with van der Waals surface area (Å²) in [7, 11) is 0. The van der Waals surface area contributed by atoms with Crippen LogP contribution in [0.5, 0.6) is 0 Å². The first-order valence-corrected chi connectivity index (χ1v) is 7.36. The topological polar surface area (TPSA) is 81.8 Å². The Balaban J connectivity index is 1.93. The van der Waals surface area contributed by atoms with Gasteiger partial charge in [-0.3, -0.25) is 10.1 Å². The van der Waals surface area contributed by atoms with Crippen LogP contribution in [-0.2, 0) is 9.53 Å². The number of aliphatic imine (C=N–C) groups is 1. The number of halogens is 1. The summed E-state index contributed by atoms with van der Waals surface area (Å²) in [6.45, 7) is 0. The molecule has 0 radical (unpaired) electrons. The Morgan fingerprint density at radius 1 is 1.17 bits per heavy atom. The van der Waals surface area contributed by atoms with E-state index in [0.717, 1.165) is 0 Å². The molecule has 0 bridgehead atoms. The monoisotopic (exact) mass is 372 g/mol. The van der Waals surface area contributed by atoms with Crippen molar-refractivity contribution in [3.05, 3.63) is 79.9 Å². The lowest BCUT2D eigenvalue weighted by atomic mass is 10.2. The molecule has 1 aliphatic rings. The SMILES string of the molecule is O=C1OC(c2ccccc2)=N/C1=C/c1ccc([N+](=O)[O-])c(Br)c1. The van der Waals surface area contributed by atoms with Crippen LogP contribution in [-0.4, -0.2) is 16.8 Å². The molecule has 0 unspecified atom stereocenters. The van der Waals surface area contributed by atoms with Crippen LogP contribution in [0.4, 0.5) is 5.69 Å². The molecule has 0 aliphatic carbocycles. The van der Waals surface area contributed by atoms with E-state index in [2.05, 4.69) is 20.9 Å². The van der Waals surface area contributed by atoms with Gasteiger partial charge in [-0.2, -0.15) is 0 Å². The predicted octanol–water partition coefficient (Wildman–Crippen LogP) is 3.70. The second-order valence-electron chi connectivity index (χ2n) is 4.67. The van der Waals surface area contributed by atoms with E-state index < -0.39 is 10.9 Å². The van der Waals surface area contributed by atoms with Gasteiger partial charge in [0.05, 0.1) is 9.40 Å². The fourth-order valence-corrected chi connectivity index (χ4v) is 2.57. The zero-order chi connectivity index (χ0) is 16.4. The number of nitro benzene ring substituents is 1. The van der Waals surface area contributed by atoms with Crippen molar-refractivity contribution in [1.29, 1.82) is 0 Å². The third-order valence-electron chi connectivity index (χ3n) is 3.11. The predicted molar refractivity (Wildman–Crippen MR) is 87.8 cm³/mol. The molecule has 0 saturated heterocycles. The number of ether oxygens (including phenoxy) is 1. The molecular weight excluding hydrogens is 364 g/mol. The molecule has 3 rings (SSSR count). The number of esters is 1. The number of hydrogen-bond donors (Lipinski definition) is 0. The van der Waals surface area contributed by atoms with E-state index in [9.17, 15) is 14.9 Å². The maximum atomic E-state index is 11.9. The van der Waals surface area contributed by atoms with E-state index in [4.69, 9.17) is 4.74 Å². The third kappa shape index (κ3) is 3.19. The summed E-state index contributed by atoms with van der Waals surface area (Å²) in [5, 5.41) is 10.8. The van der Waals surface area contributed by atoms with Crippen LogP contribution in [0, 0.1) is 10.1 Å². The minimum absolute atomic E-state index is 0.0466. The van der Waals surface area contributed by atoms with Gasteiger partial charge >= 0.3 is 5.97 Å². The molecule has 0 saturated carbocycles. The van der Waals surface area contributed by atoms with E-state index in [1.54, 1.807) is 24.3 Å². The highest BCUT2D eigenvalue weighted by atomic mass is 79.9. The van der Waals surface area contributed by atoms with E-state index in [-0.39, 0.29) is 17.3 Å². The van der Waals surface area contributed by atoms with Crippen molar-refractivity contribution < 1.29 is 14.5 Å². The van der Waals surface area contributed by atoms with Gasteiger partial charge in [-0.05, 0) is 51.8 Å². The van der Waals surface area contributed by atoms with Gasteiger partial charge < -0.3 is 4.74 Å². The lowest BCUT2D eigenvalue weighted by Crippen LogP contribution is -2.04. The van der Waals surface area contributed by atoms with Gasteiger partial charge in [0.25, 0.3) is 5.69 Å². The summed E-state index contributed by atoms with van der Waals surface area (Å²) in [6, 6.07) is 13.5. The largest absolute Gasteiger partial charge is 0.402 e. The van der Waals surface area contributed by atoms with E-state index >= 15 is 0 Å². The zero-order valence-electron chi connectivity index (χ0n) is 11.6. The minimum atomic E-state index is -0.557. The van der Waals surface area contributed by atoms with Crippen molar-refractivity contribution in [2.24, 2.45) is 4.99 Å². The van der Waals surface area contributed by atoms with Gasteiger partial charge in [0.1, 0.15) is 0 Å². The van der Waals surface area contributed by atoms with Crippen molar-refractivity contribution in [2.75, 3.05) is 0 Å². The number of rotatable bonds is 3. The molecule has 0 amide bonds. The molecule has 0 aromatic heterocycles. The fraction of sp³-hybridized carbons (Fsp3) is 0. The lowest BCUT2D eigenvalue weighted by molar-refractivity contribution is -0.385. The lowest BCUT2D eigenvalue weighted by Gasteiger charge is -1.98. The van der Waals surface area contributed by atoms with Gasteiger partial charge in [0.2, 0.25) is 5.90 Å². The molecule has 1 heterocycles. The molecular formula is C16H9BrN2O4. The van der Waals surface area contributed by atoms with E-state index in [1.165, 1.54) is 12.1 Å². The zero-order valence-corrected chi connectivity index (χ0v) is 13.2. The minimum Gasteiger partial charge on any atom is -0.402 e. The van der Waals surface area contributed by atoms with Gasteiger partial charge in [-0.15, -0.1) is 0 Å². The molecule has 1 aliphatic heterocycles. The third-order valence-corrected chi connectivity index (χ3v) is 3.75. The summed E-state index contributed by atoms with van der Waals surface area (Å²) in [5.41, 5.74) is 1.40. The molecule has 7 heteroatoms. The van der Waals surface area contributed by atoms with Crippen LogP contribution in [0.2, 0.25) is 0 Å². The highest BCUT2D eigenvalue weighted by Crippen LogP contribution is 2.27. The number of carbonyl (C=O) groups excluding carboxylic acids is 1. The fourth-order valence-electron chi connectivity index (χ4n) is 2.03. The van der Waals surface area contributed by atoms with Crippen molar-refractivity contribution in [3.8, 4) is 0 Å². The number of nitro groups is 1. The van der Waals surface area contributed by atoms with Crippen LogP contribution in [0.25, 0.3) is 6.08 Å². The van der Waals surface area contributed by atoms with Gasteiger partial charge in [0.15, 0.2) is 5.70 Å². The normalized spacial score (nSPS) is 15.4. The smallest absolute Gasteiger partial charge is 0.363 e. The van der Waals surface area contributed by atoms with Crippen LogP contribution < -0.4 is 0 Å². The van der Waals surface area contributed by atoms with E-state index in [0.29, 0.717) is 15.6 Å². The average Bonchev–Trinajstić information content (AvgIpc) is 2.89. The Morgan fingerprint density at radius 3 is 2.57 bits per heavy atom. The maximum absolute atomic E-state index is 11.9. The molecule has 2 aromatic carbocycles. The number of cyclic esters (lactones) is 1. The van der Waals surface area contributed by atoms with E-state index in [1.807, 2.05) is 18.2 Å². The first-order chi connectivity index (χ1) is 11.0. The summed E-state index contributed by atoms with van der Waals surface area (Å²) < 4.78 is 5.48. The summed E-state index contributed by atoms with van der Waals surface area (Å²) >= 11 is 3.14. The Kier molecular flexibility index (Phi) is 4.03. The first-order valence-electron chi connectivity index (χ1n) is 6.56. The maximum Gasteiger partial charge on any atom is 0.363 e. The van der Waals surface area contributed by atoms with Crippen LogP contribution >= 0.6 is 15.9 Å². The molecule has 2 aromatic rings. The number of carbonyl (C=O) groups is 1. The Labute approximate surface area is 139 Å². The van der Waals surface area contributed by atoms with Crippen molar-refractivity contribution in [1.82, 2.24) is 0 Å². The van der Waals surface area contributed by atoms with Crippen LogP contribution in [0.3, 0.4) is 0 Å². The van der Waals surface area contributed by atoms with Gasteiger partial charge in [0, 0.05) is 11.6 Å². The second kappa shape index (κ2) is 6.13. The molecule has 0 spiro atoms. The molecule has 0 atom stereocenters. The standard InChI is InChI=1S/C16H9BrN2O4/c17-12-8-10(6-7-14(12)19(21)22)9-13-16(20)23-15(18-13)11-4-2-1-3-5-11/h1-9H/b13-9+. The van der Waals surface area contributed by atoms with Crippen molar-refractivity contribution in [2.45, 2.75) is 0 Å². The van der Waals surface area contributed by atoms with Crippen LogP contribution in [0.15, 0.2) is 63.7 Å². The Morgan fingerprint density at radius 2 is 1.91 bits per heavy atom. The van der Waals surface area contributed by atoms with Gasteiger partial charge in [-0.25, -0.2) is 9.79 Å². The summed E-state index contributed by atoms with van der Waals surface area (Å²) in [4.78, 5) is 26.4. The molecule has 0 N–H and O–H groups in total. The number of nitrogens with zero attached hydrogens (tertiary/aromatic N) is 2. The number of hydrogen-bond acceptors (Lipinski definition) is 5. The Bertz CT molecular complexity index is 860. The van der Waals surface area contributed by atoms with Gasteiger partial charge in [-0.1, -0.05) is 18.2 Å². The number of benzene rings is 2. The highest BCUT2D eigenvalue weighted by Gasteiger charge is 2.24. The van der Waals surface area contributed by atoms with Crippen molar-refractivity contribution >= 4 is 39.6 Å². The highest BCUT2D eigenvalue weighted by molar-refractivity contribution is 9.10. The molecule has 23 heavy (non-hydrogen) atoms. The average molecular weight is 373 g/mol. The second-order valence-corrected chi connectivity index (χ2v) is 5.52. The molecule has 0 fully saturated rings. The molecule has 114 valence electrons. The van der Waals surface area contributed by atoms with Crippen molar-refractivity contribution in [3.63, 3.8) is 0 Å². The quantitative estimate of drug-likeness (QED) is 0.356.